The van der Waals surface area contributed by atoms with Gasteiger partial charge in [-0.25, -0.2) is 4.98 Å². The molecule has 17 heavy (non-hydrogen) atoms. The average Bonchev–Trinajstić information content (AvgIpc) is 2.67. The van der Waals surface area contributed by atoms with Crippen molar-refractivity contribution in [2.45, 2.75) is 27.2 Å². The summed E-state index contributed by atoms with van der Waals surface area (Å²) in [7, 11) is 0. The Morgan fingerprint density at radius 3 is 2.76 bits per heavy atom. The summed E-state index contributed by atoms with van der Waals surface area (Å²) in [6.45, 7) is 5.84. The van der Waals surface area contributed by atoms with E-state index < -0.39 is 0 Å². The molecule has 0 spiro atoms. The highest BCUT2D eigenvalue weighted by atomic mass is 16.1. The molecule has 0 saturated heterocycles. The number of ketones is 1. The van der Waals surface area contributed by atoms with Gasteiger partial charge >= 0.3 is 0 Å². The largest absolute Gasteiger partial charge is 0.307 e. The van der Waals surface area contributed by atoms with E-state index in [1.165, 1.54) is 0 Å². The number of rotatable bonds is 4. The van der Waals surface area contributed by atoms with E-state index in [0.29, 0.717) is 5.92 Å². The first kappa shape index (κ1) is 11.8. The van der Waals surface area contributed by atoms with Crippen LogP contribution in [0.25, 0.3) is 5.65 Å². The van der Waals surface area contributed by atoms with E-state index >= 15 is 0 Å². The van der Waals surface area contributed by atoms with Crippen LogP contribution >= 0.6 is 0 Å². The van der Waals surface area contributed by atoms with Crippen molar-refractivity contribution in [1.29, 1.82) is 0 Å². The fourth-order valence-electron chi connectivity index (χ4n) is 2.16. The lowest BCUT2D eigenvalue weighted by Gasteiger charge is -2.15. The van der Waals surface area contributed by atoms with Crippen molar-refractivity contribution in [2.75, 3.05) is 0 Å². The number of imidazole rings is 1. The monoisotopic (exact) mass is 230 g/mol. The SMILES string of the molecule is CC(=O)C(Cc1cn2ccccc2n1)C(C)C. The third-order valence-corrected chi connectivity index (χ3v) is 3.17. The highest BCUT2D eigenvalue weighted by Gasteiger charge is 2.20. The predicted octanol–water partition coefficient (Wildman–Crippen LogP) is 2.74. The summed E-state index contributed by atoms with van der Waals surface area (Å²) in [5.41, 5.74) is 1.93. The summed E-state index contributed by atoms with van der Waals surface area (Å²) in [5, 5.41) is 0. The maximum Gasteiger partial charge on any atom is 0.136 e. The van der Waals surface area contributed by atoms with Gasteiger partial charge in [0, 0.05) is 24.7 Å². The second-order valence-electron chi connectivity index (χ2n) is 4.86. The normalized spacial score (nSPS) is 13.2. The van der Waals surface area contributed by atoms with Gasteiger partial charge in [0.15, 0.2) is 0 Å². The van der Waals surface area contributed by atoms with Gasteiger partial charge < -0.3 is 4.40 Å². The maximum atomic E-state index is 11.6. The molecule has 0 aromatic carbocycles. The Hall–Kier alpha value is -1.64. The third kappa shape index (κ3) is 2.54. The van der Waals surface area contributed by atoms with E-state index in [4.69, 9.17) is 0 Å². The molecule has 3 heteroatoms. The quantitative estimate of drug-likeness (QED) is 0.809. The lowest BCUT2D eigenvalue weighted by atomic mass is 9.88. The fourth-order valence-corrected chi connectivity index (χ4v) is 2.16. The summed E-state index contributed by atoms with van der Waals surface area (Å²) in [6.07, 6.45) is 4.71. The van der Waals surface area contributed by atoms with Crippen molar-refractivity contribution in [3.8, 4) is 0 Å². The lowest BCUT2D eigenvalue weighted by molar-refractivity contribution is -0.121. The summed E-state index contributed by atoms with van der Waals surface area (Å²) in [6, 6.07) is 5.92. The topological polar surface area (TPSA) is 34.4 Å². The van der Waals surface area contributed by atoms with Crippen LogP contribution in [0.4, 0.5) is 0 Å². The van der Waals surface area contributed by atoms with Gasteiger partial charge in [-0.1, -0.05) is 19.9 Å². The first-order chi connectivity index (χ1) is 8.08. The number of hydrogen-bond donors (Lipinski definition) is 0. The number of Topliss-reactive ketones (excluding diaryl/α,β-unsaturated/α-hetero) is 1. The molecule has 1 atom stereocenters. The number of hydrogen-bond acceptors (Lipinski definition) is 2. The molecule has 2 rings (SSSR count). The molecule has 0 aliphatic rings. The highest BCUT2D eigenvalue weighted by molar-refractivity contribution is 5.78. The minimum atomic E-state index is 0.0694. The number of carbonyl (C=O) groups excluding carboxylic acids is 1. The molecule has 0 N–H and O–H groups in total. The van der Waals surface area contributed by atoms with Crippen LogP contribution in [0.2, 0.25) is 0 Å². The van der Waals surface area contributed by atoms with E-state index in [-0.39, 0.29) is 11.7 Å². The Labute approximate surface area is 101 Å². The minimum Gasteiger partial charge on any atom is -0.307 e. The molecule has 0 bridgehead atoms. The smallest absolute Gasteiger partial charge is 0.136 e. The minimum absolute atomic E-state index is 0.0694. The van der Waals surface area contributed by atoms with E-state index in [9.17, 15) is 4.79 Å². The van der Waals surface area contributed by atoms with Gasteiger partial charge in [-0.2, -0.15) is 0 Å². The molecule has 90 valence electrons. The van der Waals surface area contributed by atoms with Crippen LogP contribution in [0.15, 0.2) is 30.6 Å². The lowest BCUT2D eigenvalue weighted by Crippen LogP contribution is -2.20. The number of pyridine rings is 1. The van der Waals surface area contributed by atoms with Crippen molar-refractivity contribution in [3.05, 3.63) is 36.3 Å². The van der Waals surface area contributed by atoms with Crippen molar-refractivity contribution in [1.82, 2.24) is 9.38 Å². The average molecular weight is 230 g/mol. The van der Waals surface area contributed by atoms with Gasteiger partial charge in [0.25, 0.3) is 0 Å². The zero-order valence-corrected chi connectivity index (χ0v) is 10.6. The fraction of sp³-hybridized carbons (Fsp3) is 0.429. The Balaban J connectivity index is 2.25. The Kier molecular flexibility index (Phi) is 3.27. The van der Waals surface area contributed by atoms with E-state index in [0.717, 1.165) is 17.8 Å². The number of carbonyl (C=O) groups is 1. The van der Waals surface area contributed by atoms with Crippen LogP contribution in [-0.4, -0.2) is 15.2 Å². The molecule has 1 unspecified atom stereocenters. The van der Waals surface area contributed by atoms with Gasteiger partial charge in [0.05, 0.1) is 5.69 Å². The number of nitrogens with zero attached hydrogens (tertiary/aromatic N) is 2. The molecule has 0 aliphatic heterocycles. The molecule has 0 saturated carbocycles. The molecule has 0 aliphatic carbocycles. The van der Waals surface area contributed by atoms with Gasteiger partial charge in [0.1, 0.15) is 11.4 Å². The Bertz CT molecular complexity index is 495. The van der Waals surface area contributed by atoms with Gasteiger partial charge in [-0.05, 0) is 25.0 Å². The van der Waals surface area contributed by atoms with E-state index in [1.807, 2.05) is 35.0 Å². The first-order valence-electron chi connectivity index (χ1n) is 6.01. The van der Waals surface area contributed by atoms with Crippen molar-refractivity contribution >= 4 is 11.4 Å². The van der Waals surface area contributed by atoms with Crippen LogP contribution in [-0.2, 0) is 11.2 Å². The van der Waals surface area contributed by atoms with Crippen molar-refractivity contribution in [2.24, 2.45) is 11.8 Å². The number of fused-ring (bicyclic) bond motifs is 1. The predicted molar refractivity (Wildman–Crippen MR) is 67.9 cm³/mol. The second kappa shape index (κ2) is 4.70. The first-order valence-corrected chi connectivity index (χ1v) is 6.01. The molecule has 0 fully saturated rings. The van der Waals surface area contributed by atoms with Gasteiger partial charge in [0.2, 0.25) is 0 Å². The standard InChI is InChI=1S/C14H18N2O/c1-10(2)13(11(3)17)8-12-9-16-7-5-4-6-14(16)15-12/h4-7,9-10,13H,8H2,1-3H3. The third-order valence-electron chi connectivity index (χ3n) is 3.17. The summed E-state index contributed by atoms with van der Waals surface area (Å²) >= 11 is 0. The zero-order valence-electron chi connectivity index (χ0n) is 10.6. The molecular weight excluding hydrogens is 212 g/mol. The zero-order chi connectivity index (χ0) is 12.4. The van der Waals surface area contributed by atoms with Crippen LogP contribution in [0.5, 0.6) is 0 Å². The summed E-state index contributed by atoms with van der Waals surface area (Å²) in [4.78, 5) is 16.1. The van der Waals surface area contributed by atoms with Crippen molar-refractivity contribution < 1.29 is 4.79 Å². The molecule has 2 aromatic rings. The van der Waals surface area contributed by atoms with Crippen LogP contribution in [0, 0.1) is 11.8 Å². The molecule has 0 amide bonds. The second-order valence-corrected chi connectivity index (χ2v) is 4.86. The van der Waals surface area contributed by atoms with Gasteiger partial charge in [-0.3, -0.25) is 4.79 Å². The summed E-state index contributed by atoms with van der Waals surface area (Å²) in [5.74, 6) is 0.675. The molecule has 2 heterocycles. The maximum absolute atomic E-state index is 11.6. The highest BCUT2D eigenvalue weighted by Crippen LogP contribution is 2.18. The molecule has 0 radical (unpaired) electrons. The number of aromatic nitrogens is 2. The van der Waals surface area contributed by atoms with E-state index in [1.54, 1.807) is 6.92 Å². The molecule has 3 nitrogen and oxygen atoms in total. The molecule has 2 aromatic heterocycles. The van der Waals surface area contributed by atoms with Gasteiger partial charge in [-0.15, -0.1) is 0 Å². The molecular formula is C14H18N2O. The van der Waals surface area contributed by atoms with Crippen LogP contribution < -0.4 is 0 Å². The van der Waals surface area contributed by atoms with Crippen molar-refractivity contribution in [3.63, 3.8) is 0 Å². The van der Waals surface area contributed by atoms with Crippen LogP contribution in [0.3, 0.4) is 0 Å². The Morgan fingerprint density at radius 1 is 1.41 bits per heavy atom. The van der Waals surface area contributed by atoms with E-state index in [2.05, 4.69) is 18.8 Å². The van der Waals surface area contributed by atoms with Crippen LogP contribution in [0.1, 0.15) is 26.5 Å². The Morgan fingerprint density at radius 2 is 2.18 bits per heavy atom. The summed E-state index contributed by atoms with van der Waals surface area (Å²) < 4.78 is 1.99.